The lowest BCUT2D eigenvalue weighted by atomic mass is 10.00. The van der Waals surface area contributed by atoms with Gasteiger partial charge in [0.25, 0.3) is 0 Å². The summed E-state index contributed by atoms with van der Waals surface area (Å²) >= 11 is 0. The van der Waals surface area contributed by atoms with Crippen molar-refractivity contribution in [3.05, 3.63) is 35.9 Å². The number of carbonyl (C=O) groups is 1. The Morgan fingerprint density at radius 2 is 1.79 bits per heavy atom. The largest absolute Gasteiger partial charge is 1.00 e. The van der Waals surface area contributed by atoms with Crippen LogP contribution in [0.2, 0.25) is 0 Å². The van der Waals surface area contributed by atoms with Crippen LogP contribution >= 0.6 is 0 Å². The zero-order chi connectivity index (χ0) is 17.3. The van der Waals surface area contributed by atoms with Crippen molar-refractivity contribution in [1.29, 1.82) is 0 Å². The number of benzene rings is 1. The van der Waals surface area contributed by atoms with Crippen molar-refractivity contribution in [1.82, 2.24) is 5.32 Å². The van der Waals surface area contributed by atoms with Crippen molar-refractivity contribution in [2.75, 3.05) is 27.2 Å². The number of nitrogens with zero attached hydrogens (tertiary/aromatic N) is 1. The molecule has 24 heavy (non-hydrogen) atoms. The normalized spacial score (nSPS) is 11.5. The van der Waals surface area contributed by atoms with Crippen LogP contribution in [0.3, 0.4) is 0 Å². The van der Waals surface area contributed by atoms with E-state index in [0.717, 1.165) is 23.0 Å². The van der Waals surface area contributed by atoms with Crippen LogP contribution in [-0.4, -0.2) is 43.3 Å². The lowest BCUT2D eigenvalue weighted by molar-refractivity contribution is -0.891. The van der Waals surface area contributed by atoms with Gasteiger partial charge in [0, 0.05) is 12.0 Å². The highest BCUT2D eigenvalue weighted by atomic mass is 127. The van der Waals surface area contributed by atoms with E-state index in [2.05, 4.69) is 40.2 Å². The predicted molar refractivity (Wildman–Crippen MR) is 95.2 cm³/mol. The number of hydrogen-bond acceptors (Lipinski definition) is 2. The summed E-state index contributed by atoms with van der Waals surface area (Å²) in [6.45, 7) is 8.83. The molecular weight excluding hydrogens is 415 g/mol. The highest BCUT2D eigenvalue weighted by Gasteiger charge is 2.25. The number of amides is 1. The molecule has 1 N–H and O–H groups in total. The van der Waals surface area contributed by atoms with Crippen LogP contribution in [0.4, 0.5) is 4.79 Å². The average molecular weight is 448 g/mol. The summed E-state index contributed by atoms with van der Waals surface area (Å²) in [5.74, 6) is 0. The van der Waals surface area contributed by atoms with Crippen LogP contribution in [0.15, 0.2) is 30.3 Å². The Bertz CT molecular complexity index is 476. The third kappa shape index (κ3) is 10.1. The summed E-state index contributed by atoms with van der Waals surface area (Å²) in [4.78, 5) is 12.0. The number of alkyl carbamates (subject to hydrolysis) is 1. The molecule has 138 valence electrons. The zero-order valence-electron chi connectivity index (χ0n) is 15.8. The number of quaternary nitrogens is 1. The first-order valence-corrected chi connectivity index (χ1v) is 8.55. The number of rotatable bonds is 9. The number of ether oxygens (including phenoxy) is 1. The Kier molecular flexibility index (Phi) is 10.6. The molecule has 1 aromatic rings. The number of halogens is 1. The maximum absolute atomic E-state index is 12.0. The predicted octanol–water partition coefficient (Wildman–Crippen LogP) is 0.962. The van der Waals surface area contributed by atoms with Gasteiger partial charge < -0.3 is 38.5 Å². The molecule has 0 aromatic heterocycles. The van der Waals surface area contributed by atoms with Gasteiger partial charge in [-0.1, -0.05) is 43.7 Å². The molecule has 0 spiro atoms. The van der Waals surface area contributed by atoms with Crippen molar-refractivity contribution >= 4 is 6.09 Å². The van der Waals surface area contributed by atoms with E-state index in [-0.39, 0.29) is 35.6 Å². The summed E-state index contributed by atoms with van der Waals surface area (Å²) in [6, 6.07) is 9.73. The van der Waals surface area contributed by atoms with Crippen molar-refractivity contribution in [2.24, 2.45) is 0 Å². The van der Waals surface area contributed by atoms with E-state index in [4.69, 9.17) is 4.74 Å². The molecule has 0 saturated carbocycles. The van der Waals surface area contributed by atoms with Gasteiger partial charge in [0.15, 0.2) is 0 Å². The van der Waals surface area contributed by atoms with E-state index in [9.17, 15) is 4.79 Å². The van der Waals surface area contributed by atoms with Gasteiger partial charge in [0.05, 0.1) is 27.2 Å². The molecule has 0 atom stereocenters. The van der Waals surface area contributed by atoms with Gasteiger partial charge in [-0.25, -0.2) is 4.79 Å². The maximum atomic E-state index is 12.0. The second-order valence-corrected chi connectivity index (χ2v) is 7.56. The summed E-state index contributed by atoms with van der Waals surface area (Å²) in [5, 5.41) is 2.98. The highest BCUT2D eigenvalue weighted by molar-refractivity contribution is 5.68. The van der Waals surface area contributed by atoms with Gasteiger partial charge in [-0.15, -0.1) is 0 Å². The fraction of sp³-hybridized carbons (Fsp3) is 0.632. The number of unbranched alkanes of at least 4 members (excludes halogenated alkanes) is 1. The number of carbonyl (C=O) groups excluding carboxylic acids is 1. The van der Waals surface area contributed by atoms with E-state index < -0.39 is 0 Å². The zero-order valence-corrected chi connectivity index (χ0v) is 17.9. The third-order valence-corrected chi connectivity index (χ3v) is 4.11. The second-order valence-electron chi connectivity index (χ2n) is 7.56. The minimum absolute atomic E-state index is 0. The lowest BCUT2D eigenvalue weighted by Gasteiger charge is -2.34. The van der Waals surface area contributed by atoms with Gasteiger partial charge >= 0.3 is 6.09 Å². The second kappa shape index (κ2) is 10.9. The van der Waals surface area contributed by atoms with Crippen LogP contribution in [0.5, 0.6) is 0 Å². The maximum Gasteiger partial charge on any atom is 0.407 e. The Hall–Kier alpha value is -0.820. The highest BCUT2D eigenvalue weighted by Crippen LogP contribution is 2.13. The molecule has 1 aromatic carbocycles. The number of hydrogen-bond donors (Lipinski definition) is 1. The van der Waals surface area contributed by atoms with Crippen LogP contribution < -0.4 is 29.3 Å². The van der Waals surface area contributed by atoms with Gasteiger partial charge in [0.2, 0.25) is 0 Å². The van der Waals surface area contributed by atoms with Crippen LogP contribution in [0, 0.1) is 0 Å². The molecule has 4 nitrogen and oxygen atoms in total. The summed E-state index contributed by atoms with van der Waals surface area (Å²) in [7, 11) is 4.50. The standard InChI is InChI=1S/C19H32N2O2.HI/c1-6-7-14-21(4,5)15-13-19(2,3)20-18(22)23-16-17-11-9-8-10-12-17;/h8-12H,6-7,13-16H2,1-5H3;1H. The summed E-state index contributed by atoms with van der Waals surface area (Å²) in [5.41, 5.74) is 0.730. The SMILES string of the molecule is CCCC[N+](C)(C)CCC(C)(C)NC(=O)OCc1ccccc1.[I-]. The molecule has 0 radical (unpaired) electrons. The summed E-state index contributed by atoms with van der Waals surface area (Å²) in [6.07, 6.45) is 3.02. The van der Waals surface area contributed by atoms with Crippen molar-refractivity contribution in [3.8, 4) is 0 Å². The molecule has 0 saturated heterocycles. The third-order valence-electron chi connectivity index (χ3n) is 4.11. The van der Waals surface area contributed by atoms with Crippen LogP contribution in [0.25, 0.3) is 0 Å². The number of nitrogens with one attached hydrogen (secondary N) is 1. The molecule has 1 rings (SSSR count). The minimum Gasteiger partial charge on any atom is -1.00 e. The fourth-order valence-corrected chi connectivity index (χ4v) is 2.38. The van der Waals surface area contributed by atoms with E-state index >= 15 is 0 Å². The van der Waals surface area contributed by atoms with Gasteiger partial charge in [-0.3, -0.25) is 0 Å². The Morgan fingerprint density at radius 3 is 2.38 bits per heavy atom. The molecule has 1 amide bonds. The van der Waals surface area contributed by atoms with Gasteiger partial charge in [-0.2, -0.15) is 0 Å². The van der Waals surface area contributed by atoms with E-state index in [0.29, 0.717) is 6.61 Å². The molecule has 0 fully saturated rings. The monoisotopic (exact) mass is 448 g/mol. The van der Waals surface area contributed by atoms with Crippen molar-refractivity contribution in [2.45, 2.75) is 52.2 Å². The topological polar surface area (TPSA) is 38.3 Å². The van der Waals surface area contributed by atoms with E-state index in [1.165, 1.54) is 19.4 Å². The van der Waals surface area contributed by atoms with Crippen LogP contribution in [-0.2, 0) is 11.3 Å². The first kappa shape index (κ1) is 23.2. The van der Waals surface area contributed by atoms with Crippen LogP contribution in [0.1, 0.15) is 45.6 Å². The Balaban J connectivity index is 0.00000529. The molecular formula is C19H33IN2O2. The molecule has 0 aliphatic carbocycles. The van der Waals surface area contributed by atoms with Crippen molar-refractivity contribution in [3.63, 3.8) is 0 Å². The van der Waals surface area contributed by atoms with E-state index in [1.807, 2.05) is 30.3 Å². The average Bonchev–Trinajstić information content (AvgIpc) is 2.50. The first-order valence-electron chi connectivity index (χ1n) is 8.55. The van der Waals surface area contributed by atoms with Gasteiger partial charge in [0.1, 0.15) is 6.61 Å². The van der Waals surface area contributed by atoms with E-state index in [1.54, 1.807) is 0 Å². The lowest BCUT2D eigenvalue weighted by Crippen LogP contribution is -3.00. The molecule has 0 unspecified atom stereocenters. The first-order chi connectivity index (χ1) is 10.7. The minimum atomic E-state index is -0.349. The molecule has 0 aliphatic heterocycles. The molecule has 0 aliphatic rings. The van der Waals surface area contributed by atoms with Gasteiger partial charge in [-0.05, 0) is 25.8 Å². The Labute approximate surface area is 164 Å². The Morgan fingerprint density at radius 1 is 1.17 bits per heavy atom. The van der Waals surface area contributed by atoms with Crippen molar-refractivity contribution < 1.29 is 38.0 Å². The molecule has 0 bridgehead atoms. The molecule has 0 heterocycles. The smallest absolute Gasteiger partial charge is 0.407 e. The molecule has 5 heteroatoms. The summed E-state index contributed by atoms with van der Waals surface area (Å²) < 4.78 is 6.29. The quantitative estimate of drug-likeness (QED) is 0.452. The fourth-order valence-electron chi connectivity index (χ4n) is 2.38.